The van der Waals surface area contributed by atoms with Crippen molar-refractivity contribution in [1.82, 2.24) is 9.97 Å². The van der Waals surface area contributed by atoms with Gasteiger partial charge in [-0.2, -0.15) is 5.26 Å². The maximum absolute atomic E-state index is 9.38. The highest BCUT2D eigenvalue weighted by Gasteiger charge is 2.09. The van der Waals surface area contributed by atoms with Crippen molar-refractivity contribution in [1.29, 1.82) is 5.26 Å². The minimum absolute atomic E-state index is 0.524. The molecule has 2 heterocycles. The largest absolute Gasteiger partial charge is 0.361 e. The quantitative estimate of drug-likeness (QED) is 0.423. The topological polar surface area (TPSA) is 55.4 Å². The summed E-state index contributed by atoms with van der Waals surface area (Å²) in [6.07, 6.45) is 1.88. The Labute approximate surface area is 157 Å². The number of hydrogen-bond donors (Lipinski definition) is 2. The molecule has 0 bridgehead atoms. The summed E-state index contributed by atoms with van der Waals surface area (Å²) in [5, 5.41) is 11.7. The predicted octanol–water partition coefficient (Wildman–Crippen LogP) is 6.25. The second-order valence-corrected chi connectivity index (χ2v) is 8.11. The molecular formula is C22H21N3S. The second-order valence-electron chi connectivity index (χ2n) is 7.06. The highest BCUT2D eigenvalue weighted by Crippen LogP contribution is 2.31. The highest BCUT2D eigenvalue weighted by molar-refractivity contribution is 7.98. The van der Waals surface area contributed by atoms with Gasteiger partial charge in [0, 0.05) is 44.3 Å². The first-order valence-electron chi connectivity index (χ1n) is 8.81. The summed E-state index contributed by atoms with van der Waals surface area (Å²) < 4.78 is 0. The van der Waals surface area contributed by atoms with Crippen LogP contribution < -0.4 is 0 Å². The molecule has 0 radical (unpaired) electrons. The Morgan fingerprint density at radius 1 is 1.08 bits per heavy atom. The van der Waals surface area contributed by atoms with Gasteiger partial charge < -0.3 is 9.97 Å². The number of nitrogens with one attached hydrogen (secondary N) is 2. The van der Waals surface area contributed by atoms with Crippen molar-refractivity contribution >= 4 is 33.6 Å². The standard InChI is InChI=1S/C22H21N3S/c1-13(2)15-6-14(3)20-9-17(25-22(20)8-15)12-26-18-7-16(11-23)19-4-5-24-21(19)10-18/h4-10,13,24-25H,12H2,1-3H3. The highest BCUT2D eigenvalue weighted by atomic mass is 32.2. The van der Waals surface area contributed by atoms with E-state index in [-0.39, 0.29) is 0 Å². The molecule has 0 aliphatic heterocycles. The summed E-state index contributed by atoms with van der Waals surface area (Å²) in [7, 11) is 0. The van der Waals surface area contributed by atoms with Crippen molar-refractivity contribution in [2.24, 2.45) is 0 Å². The van der Waals surface area contributed by atoms with E-state index in [0.29, 0.717) is 5.92 Å². The number of H-pyrrole nitrogens is 2. The smallest absolute Gasteiger partial charge is 0.0999 e. The molecule has 2 aromatic carbocycles. The van der Waals surface area contributed by atoms with E-state index in [4.69, 9.17) is 0 Å². The normalized spacial score (nSPS) is 11.5. The van der Waals surface area contributed by atoms with Gasteiger partial charge in [-0.3, -0.25) is 0 Å². The van der Waals surface area contributed by atoms with Crippen molar-refractivity contribution in [3.8, 4) is 6.07 Å². The Bertz CT molecular complexity index is 1140. The van der Waals surface area contributed by atoms with Crippen molar-refractivity contribution < 1.29 is 0 Å². The maximum Gasteiger partial charge on any atom is 0.0999 e. The Morgan fingerprint density at radius 3 is 2.69 bits per heavy atom. The van der Waals surface area contributed by atoms with Crippen LogP contribution in [0.5, 0.6) is 0 Å². The molecule has 2 N–H and O–H groups in total. The summed E-state index contributed by atoms with van der Waals surface area (Å²) in [5.41, 5.74) is 6.84. The molecular weight excluding hydrogens is 338 g/mol. The number of nitriles is 1. The van der Waals surface area contributed by atoms with E-state index in [1.165, 1.54) is 27.7 Å². The third-order valence-electron chi connectivity index (χ3n) is 4.85. The van der Waals surface area contributed by atoms with Gasteiger partial charge in [-0.15, -0.1) is 11.8 Å². The summed E-state index contributed by atoms with van der Waals surface area (Å²) in [6.45, 7) is 6.63. The van der Waals surface area contributed by atoms with Crippen LogP contribution in [0, 0.1) is 18.3 Å². The van der Waals surface area contributed by atoms with Gasteiger partial charge in [0.15, 0.2) is 0 Å². The van der Waals surface area contributed by atoms with Crippen LogP contribution in [0.1, 0.15) is 42.1 Å². The molecule has 0 amide bonds. The Balaban J connectivity index is 1.62. The number of aromatic nitrogens is 2. The fourth-order valence-corrected chi connectivity index (χ4v) is 4.27. The average Bonchev–Trinajstić information content (AvgIpc) is 3.25. The number of hydrogen-bond acceptors (Lipinski definition) is 2. The molecule has 26 heavy (non-hydrogen) atoms. The Hall–Kier alpha value is -2.64. The molecule has 2 aromatic heterocycles. The summed E-state index contributed by atoms with van der Waals surface area (Å²) in [5.74, 6) is 1.37. The molecule has 0 atom stereocenters. The number of aromatic amines is 2. The molecule has 0 saturated carbocycles. The van der Waals surface area contributed by atoms with Gasteiger partial charge in [0.1, 0.15) is 0 Å². The summed E-state index contributed by atoms with van der Waals surface area (Å²) in [4.78, 5) is 7.88. The summed E-state index contributed by atoms with van der Waals surface area (Å²) in [6, 6.07) is 15.1. The Kier molecular flexibility index (Phi) is 4.26. The first-order valence-corrected chi connectivity index (χ1v) is 9.80. The van der Waals surface area contributed by atoms with E-state index in [0.717, 1.165) is 27.1 Å². The van der Waals surface area contributed by atoms with Crippen LogP contribution in [0.3, 0.4) is 0 Å². The number of aryl methyl sites for hydroxylation is 1. The lowest BCUT2D eigenvalue weighted by molar-refractivity contribution is 0.867. The molecule has 4 rings (SSSR count). The zero-order chi connectivity index (χ0) is 18.3. The van der Waals surface area contributed by atoms with E-state index in [9.17, 15) is 5.26 Å². The van der Waals surface area contributed by atoms with Crippen molar-refractivity contribution in [2.75, 3.05) is 0 Å². The zero-order valence-electron chi connectivity index (χ0n) is 15.2. The van der Waals surface area contributed by atoms with Crippen LogP contribution in [0.15, 0.2) is 47.5 Å². The number of rotatable bonds is 4. The number of fused-ring (bicyclic) bond motifs is 2. The van der Waals surface area contributed by atoms with Gasteiger partial charge in [-0.1, -0.05) is 19.9 Å². The zero-order valence-corrected chi connectivity index (χ0v) is 16.0. The fourth-order valence-electron chi connectivity index (χ4n) is 3.39. The van der Waals surface area contributed by atoms with Gasteiger partial charge in [0.25, 0.3) is 0 Å². The van der Waals surface area contributed by atoms with Gasteiger partial charge >= 0.3 is 0 Å². The maximum atomic E-state index is 9.38. The average molecular weight is 359 g/mol. The Morgan fingerprint density at radius 2 is 1.92 bits per heavy atom. The summed E-state index contributed by atoms with van der Waals surface area (Å²) >= 11 is 1.75. The lowest BCUT2D eigenvalue weighted by Gasteiger charge is -2.07. The van der Waals surface area contributed by atoms with Crippen LogP contribution in [0.4, 0.5) is 0 Å². The van der Waals surface area contributed by atoms with Gasteiger partial charge in [-0.05, 0) is 54.3 Å². The molecule has 0 unspecified atom stereocenters. The van der Waals surface area contributed by atoms with E-state index in [1.54, 1.807) is 11.8 Å². The third-order valence-corrected chi connectivity index (χ3v) is 5.87. The lowest BCUT2D eigenvalue weighted by Crippen LogP contribution is -1.88. The van der Waals surface area contributed by atoms with Crippen molar-refractivity contribution in [3.05, 3.63) is 65.0 Å². The number of nitrogens with zero attached hydrogens (tertiary/aromatic N) is 1. The lowest BCUT2D eigenvalue weighted by atomic mass is 9.99. The van der Waals surface area contributed by atoms with Gasteiger partial charge in [0.05, 0.1) is 11.6 Å². The van der Waals surface area contributed by atoms with E-state index >= 15 is 0 Å². The van der Waals surface area contributed by atoms with Crippen LogP contribution in [0.25, 0.3) is 21.8 Å². The number of benzene rings is 2. The monoisotopic (exact) mass is 359 g/mol. The molecule has 0 aliphatic rings. The van der Waals surface area contributed by atoms with Crippen LogP contribution in [0.2, 0.25) is 0 Å². The molecule has 0 spiro atoms. The molecule has 4 heteroatoms. The van der Waals surface area contributed by atoms with Gasteiger partial charge in [0.2, 0.25) is 0 Å². The van der Waals surface area contributed by atoms with E-state index in [1.807, 2.05) is 18.3 Å². The number of thioether (sulfide) groups is 1. The minimum atomic E-state index is 0.524. The molecule has 130 valence electrons. The van der Waals surface area contributed by atoms with Crippen molar-refractivity contribution in [3.63, 3.8) is 0 Å². The van der Waals surface area contributed by atoms with Crippen LogP contribution in [-0.4, -0.2) is 9.97 Å². The molecule has 3 nitrogen and oxygen atoms in total. The molecule has 0 aliphatic carbocycles. The van der Waals surface area contributed by atoms with Gasteiger partial charge in [-0.25, -0.2) is 0 Å². The third kappa shape index (κ3) is 3.00. The predicted molar refractivity (Wildman–Crippen MR) is 110 cm³/mol. The molecule has 0 saturated heterocycles. The second kappa shape index (κ2) is 6.59. The molecule has 4 aromatic rings. The van der Waals surface area contributed by atoms with Crippen LogP contribution in [-0.2, 0) is 5.75 Å². The van der Waals surface area contributed by atoms with E-state index < -0.39 is 0 Å². The first-order chi connectivity index (χ1) is 12.5. The SMILES string of the molecule is Cc1cc(C(C)C)cc2[nH]c(CSc3cc(C#N)c4cc[nH]c4c3)cc12. The van der Waals surface area contributed by atoms with Crippen LogP contribution >= 0.6 is 11.8 Å². The molecule has 0 fully saturated rings. The van der Waals surface area contributed by atoms with E-state index in [2.05, 4.69) is 61.1 Å². The first kappa shape index (κ1) is 16.8. The minimum Gasteiger partial charge on any atom is -0.361 e. The van der Waals surface area contributed by atoms with Crippen molar-refractivity contribution in [2.45, 2.75) is 37.3 Å². The fraction of sp³-hybridized carbons (Fsp3) is 0.227.